The molecule has 19 heteroatoms. The van der Waals surface area contributed by atoms with E-state index in [9.17, 15) is 43.2 Å². The Kier molecular flexibility index (Phi) is 61.5. The second kappa shape index (κ2) is 62.8. The van der Waals surface area contributed by atoms with Crippen molar-refractivity contribution in [3.63, 3.8) is 0 Å². The van der Waals surface area contributed by atoms with Crippen molar-refractivity contribution >= 4 is 39.5 Å². The summed E-state index contributed by atoms with van der Waals surface area (Å²) in [6.45, 7) is 11.8. The zero-order valence-corrected chi connectivity index (χ0v) is 61.1. The van der Waals surface area contributed by atoms with E-state index in [0.29, 0.717) is 31.6 Å². The molecule has 0 spiro atoms. The van der Waals surface area contributed by atoms with E-state index in [1.165, 1.54) is 167 Å². The van der Waals surface area contributed by atoms with Crippen molar-refractivity contribution in [2.45, 2.75) is 381 Å². The van der Waals surface area contributed by atoms with Crippen molar-refractivity contribution in [1.82, 2.24) is 0 Å². The van der Waals surface area contributed by atoms with Gasteiger partial charge in [-0.15, -0.1) is 0 Å². The minimum Gasteiger partial charge on any atom is -0.462 e. The first-order valence-corrected chi connectivity index (χ1v) is 40.3. The molecule has 0 fully saturated rings. The van der Waals surface area contributed by atoms with Crippen LogP contribution >= 0.6 is 15.6 Å². The maximum absolute atomic E-state index is 13.0. The van der Waals surface area contributed by atoms with Crippen LogP contribution in [0.25, 0.3) is 0 Å². The Morgan fingerprint density at radius 2 is 0.505 bits per heavy atom. The van der Waals surface area contributed by atoms with E-state index in [2.05, 4.69) is 48.5 Å². The first kappa shape index (κ1) is 89.1. The van der Waals surface area contributed by atoms with Gasteiger partial charge in [0.15, 0.2) is 12.2 Å². The molecule has 0 saturated carbocycles. The fraction of sp³-hybridized carbons (Fsp3) is 0.944. The molecule has 0 bridgehead atoms. The number of aliphatic hydroxyl groups is 1. The van der Waals surface area contributed by atoms with Crippen LogP contribution in [0.1, 0.15) is 363 Å². The SMILES string of the molecule is CCCCCCCCCCCCCCCCCC(=O)OC[C@H](COP(=O)(O)OC[C@@H](O)COP(=O)(O)OC[C@@H](COC(=O)CCCCCCCCC(C)C)OC(=O)CCCCCCCCCCC(C)C)OC(=O)CCCCCCCCCCCCCCCC(C)C. The number of hydrogen-bond acceptors (Lipinski definition) is 15. The highest BCUT2D eigenvalue weighted by Crippen LogP contribution is 2.45. The van der Waals surface area contributed by atoms with Crippen LogP contribution in [0.2, 0.25) is 0 Å². The summed E-state index contributed by atoms with van der Waals surface area (Å²) < 4.78 is 68.3. The summed E-state index contributed by atoms with van der Waals surface area (Å²) >= 11 is 0. The topological polar surface area (TPSA) is 237 Å². The molecule has 0 radical (unpaired) electrons. The number of phosphoric ester groups is 2. The van der Waals surface area contributed by atoms with E-state index in [4.69, 9.17) is 37.0 Å². The highest BCUT2D eigenvalue weighted by atomic mass is 31.2. The Hall–Kier alpha value is -1.94. The molecule has 0 aromatic rings. The molecule has 0 aromatic carbocycles. The molecule has 0 aliphatic heterocycles. The third-order valence-corrected chi connectivity index (χ3v) is 18.5. The molecule has 0 heterocycles. The highest BCUT2D eigenvalue weighted by Gasteiger charge is 2.30. The number of phosphoric acid groups is 2. The molecule has 0 aliphatic rings. The van der Waals surface area contributed by atoms with Crippen LogP contribution in [0.3, 0.4) is 0 Å². The van der Waals surface area contributed by atoms with Crippen LogP contribution in [-0.2, 0) is 65.4 Å². The van der Waals surface area contributed by atoms with Crippen molar-refractivity contribution in [2.24, 2.45) is 17.8 Å². The van der Waals surface area contributed by atoms with Crippen molar-refractivity contribution in [1.29, 1.82) is 0 Å². The summed E-state index contributed by atoms with van der Waals surface area (Å²) in [6.07, 6.45) is 47.4. The molecule has 0 aromatic heterocycles. The van der Waals surface area contributed by atoms with Gasteiger partial charge in [-0.05, 0) is 43.4 Å². The summed E-state index contributed by atoms with van der Waals surface area (Å²) in [5, 5.41) is 10.6. The number of rotatable bonds is 70. The quantitative estimate of drug-likeness (QED) is 0.0222. The highest BCUT2D eigenvalue weighted by molar-refractivity contribution is 7.47. The zero-order valence-electron chi connectivity index (χ0n) is 59.3. The largest absolute Gasteiger partial charge is 0.472 e. The van der Waals surface area contributed by atoms with E-state index in [1.807, 2.05) is 0 Å². The molecule has 3 N–H and O–H groups in total. The summed E-state index contributed by atoms with van der Waals surface area (Å²) in [5.74, 6) is 0.0582. The normalized spacial score (nSPS) is 14.2. The number of hydrogen-bond donors (Lipinski definition) is 3. The lowest BCUT2D eigenvalue weighted by Gasteiger charge is -2.21. The van der Waals surface area contributed by atoms with E-state index in [0.717, 1.165) is 108 Å². The van der Waals surface area contributed by atoms with Crippen LogP contribution in [0, 0.1) is 17.8 Å². The Morgan fingerprint density at radius 3 is 0.747 bits per heavy atom. The van der Waals surface area contributed by atoms with Crippen molar-refractivity contribution in [3.05, 3.63) is 0 Å². The Balaban J connectivity index is 5.24. The predicted molar refractivity (Wildman–Crippen MR) is 368 cm³/mol. The number of carbonyl (C=O) groups excluding carboxylic acids is 4. The molecule has 0 saturated heterocycles. The van der Waals surface area contributed by atoms with Gasteiger partial charge in [0.25, 0.3) is 0 Å². The second-order valence-electron chi connectivity index (χ2n) is 27.4. The van der Waals surface area contributed by atoms with Gasteiger partial charge in [-0.3, -0.25) is 37.3 Å². The number of aliphatic hydroxyl groups excluding tert-OH is 1. The van der Waals surface area contributed by atoms with Crippen LogP contribution < -0.4 is 0 Å². The summed E-state index contributed by atoms with van der Waals surface area (Å²) in [5.41, 5.74) is 0. The summed E-state index contributed by atoms with van der Waals surface area (Å²) in [6, 6.07) is 0. The Labute approximate surface area is 556 Å². The monoisotopic (exact) mass is 1340 g/mol. The average molecular weight is 1340 g/mol. The molecule has 0 aliphatic carbocycles. The first-order chi connectivity index (χ1) is 43.7. The standard InChI is InChI=1S/C72H140O17P2/c1-8-9-10-11-12-13-14-15-16-19-22-25-31-39-46-53-69(74)82-59-67(88-71(76)55-48-41-32-26-23-20-17-18-21-24-29-36-43-50-63(2)3)61-86-90(78,79)84-57-66(73)58-85-91(80,81)87-62-68(60-83-70(75)54-47-40-35-34-38-45-52-65(6)7)89-72(77)56-49-42-33-28-27-30-37-44-51-64(4)5/h63-68,73H,8-62H2,1-7H3,(H,78,79)(H,80,81)/t66-,67-,68-/m1/s1. The van der Waals surface area contributed by atoms with Crippen molar-refractivity contribution < 1.29 is 80.2 Å². The Morgan fingerprint density at radius 1 is 0.297 bits per heavy atom. The lowest BCUT2D eigenvalue weighted by molar-refractivity contribution is -0.161. The molecule has 91 heavy (non-hydrogen) atoms. The van der Waals surface area contributed by atoms with E-state index >= 15 is 0 Å². The second-order valence-corrected chi connectivity index (χ2v) is 30.3. The number of esters is 4. The molecular weight excluding hydrogens is 1200 g/mol. The maximum atomic E-state index is 13.0. The minimum absolute atomic E-state index is 0.103. The zero-order chi connectivity index (χ0) is 67.3. The number of carbonyl (C=O) groups is 4. The number of ether oxygens (including phenoxy) is 4. The minimum atomic E-state index is -4.95. The van der Waals surface area contributed by atoms with Crippen LogP contribution in [0.5, 0.6) is 0 Å². The fourth-order valence-electron chi connectivity index (χ4n) is 10.9. The van der Waals surface area contributed by atoms with Gasteiger partial charge in [0, 0.05) is 25.7 Å². The molecule has 0 rings (SSSR count). The van der Waals surface area contributed by atoms with Crippen LogP contribution in [-0.4, -0.2) is 96.7 Å². The number of unbranched alkanes of at least 4 members (excludes halogenated alkanes) is 38. The lowest BCUT2D eigenvalue weighted by atomic mass is 10.0. The predicted octanol–water partition coefficient (Wildman–Crippen LogP) is 20.6. The molecule has 540 valence electrons. The van der Waals surface area contributed by atoms with Crippen LogP contribution in [0.15, 0.2) is 0 Å². The lowest BCUT2D eigenvalue weighted by Crippen LogP contribution is -2.30. The van der Waals surface area contributed by atoms with Crippen LogP contribution in [0.4, 0.5) is 0 Å². The van der Waals surface area contributed by atoms with Gasteiger partial charge in [-0.25, -0.2) is 9.13 Å². The summed E-state index contributed by atoms with van der Waals surface area (Å²) in [7, 11) is -9.90. The third-order valence-electron chi connectivity index (χ3n) is 16.6. The Bertz CT molecular complexity index is 1780. The van der Waals surface area contributed by atoms with Gasteiger partial charge in [0.1, 0.15) is 19.3 Å². The van der Waals surface area contributed by atoms with Crippen molar-refractivity contribution in [3.8, 4) is 0 Å². The molecule has 17 nitrogen and oxygen atoms in total. The third kappa shape index (κ3) is 66.5. The van der Waals surface area contributed by atoms with Gasteiger partial charge in [-0.2, -0.15) is 0 Å². The van der Waals surface area contributed by atoms with Gasteiger partial charge in [0.05, 0.1) is 26.4 Å². The van der Waals surface area contributed by atoms with Gasteiger partial charge >= 0.3 is 39.5 Å². The van der Waals surface area contributed by atoms with E-state index in [-0.39, 0.29) is 25.7 Å². The maximum Gasteiger partial charge on any atom is 0.472 e. The molecule has 5 atom stereocenters. The smallest absolute Gasteiger partial charge is 0.462 e. The van der Waals surface area contributed by atoms with E-state index < -0.39 is 97.5 Å². The molecular formula is C72H140O17P2. The molecule has 2 unspecified atom stereocenters. The molecule has 0 amide bonds. The van der Waals surface area contributed by atoms with Gasteiger partial charge < -0.3 is 33.8 Å². The summed E-state index contributed by atoms with van der Waals surface area (Å²) in [4.78, 5) is 72.6. The fourth-order valence-corrected chi connectivity index (χ4v) is 12.5. The van der Waals surface area contributed by atoms with E-state index in [1.54, 1.807) is 0 Å². The van der Waals surface area contributed by atoms with Gasteiger partial charge in [0.2, 0.25) is 0 Å². The van der Waals surface area contributed by atoms with Crippen molar-refractivity contribution in [2.75, 3.05) is 39.6 Å². The average Bonchev–Trinajstić information content (AvgIpc) is 2.89. The van der Waals surface area contributed by atoms with Gasteiger partial charge in [-0.1, -0.05) is 312 Å². The first-order valence-electron chi connectivity index (χ1n) is 37.3.